The summed E-state index contributed by atoms with van der Waals surface area (Å²) < 4.78 is 2.16. The highest BCUT2D eigenvalue weighted by molar-refractivity contribution is 5.14. The van der Waals surface area contributed by atoms with Crippen molar-refractivity contribution in [1.82, 2.24) is 15.1 Å². The summed E-state index contributed by atoms with van der Waals surface area (Å²) in [7, 11) is 0. The molecule has 1 N–H and O–H groups in total. The Hall–Kier alpha value is -0.830. The van der Waals surface area contributed by atoms with Gasteiger partial charge in [0.1, 0.15) is 0 Å². The molecule has 0 amide bonds. The van der Waals surface area contributed by atoms with Crippen molar-refractivity contribution < 1.29 is 0 Å². The summed E-state index contributed by atoms with van der Waals surface area (Å²) in [6.45, 7) is 13.2. The second-order valence-corrected chi connectivity index (χ2v) is 5.37. The Labute approximate surface area is 112 Å². The van der Waals surface area contributed by atoms with Gasteiger partial charge in [0, 0.05) is 12.6 Å². The van der Waals surface area contributed by atoms with Crippen molar-refractivity contribution in [3.63, 3.8) is 0 Å². The third-order valence-corrected chi connectivity index (χ3v) is 3.23. The zero-order valence-corrected chi connectivity index (χ0v) is 12.7. The van der Waals surface area contributed by atoms with Crippen LogP contribution in [-0.2, 0) is 13.0 Å². The lowest BCUT2D eigenvalue weighted by molar-refractivity contribution is 0.404. The van der Waals surface area contributed by atoms with Crippen LogP contribution in [-0.4, -0.2) is 16.3 Å². The van der Waals surface area contributed by atoms with E-state index in [-0.39, 0.29) is 0 Å². The summed E-state index contributed by atoms with van der Waals surface area (Å²) in [5, 5.41) is 8.33. The number of rotatable bonds is 8. The lowest BCUT2D eigenvalue weighted by atomic mass is 10.0. The molecule has 0 aliphatic rings. The van der Waals surface area contributed by atoms with Gasteiger partial charge in [0.15, 0.2) is 0 Å². The van der Waals surface area contributed by atoms with Gasteiger partial charge in [0.05, 0.1) is 11.4 Å². The quantitative estimate of drug-likeness (QED) is 0.765. The van der Waals surface area contributed by atoms with Crippen molar-refractivity contribution >= 4 is 0 Å². The minimum absolute atomic E-state index is 0.442. The molecule has 1 unspecified atom stereocenters. The number of aryl methyl sites for hydroxylation is 2. The smallest absolute Gasteiger partial charge is 0.0625 e. The van der Waals surface area contributed by atoms with Crippen molar-refractivity contribution in [2.24, 2.45) is 5.92 Å². The van der Waals surface area contributed by atoms with E-state index < -0.39 is 0 Å². The van der Waals surface area contributed by atoms with Crippen molar-refractivity contribution in [2.75, 3.05) is 6.54 Å². The molecule has 3 heteroatoms. The molecular formula is C15H29N3. The Morgan fingerprint density at radius 1 is 1.28 bits per heavy atom. The Kier molecular flexibility index (Phi) is 6.41. The van der Waals surface area contributed by atoms with Crippen LogP contribution in [0.3, 0.4) is 0 Å². The first-order chi connectivity index (χ1) is 8.62. The van der Waals surface area contributed by atoms with Crippen LogP contribution in [0.5, 0.6) is 0 Å². The molecule has 1 rings (SSSR count). The van der Waals surface area contributed by atoms with Gasteiger partial charge in [-0.2, -0.15) is 5.10 Å². The third-order valence-electron chi connectivity index (χ3n) is 3.23. The van der Waals surface area contributed by atoms with Crippen LogP contribution in [0.1, 0.15) is 64.9 Å². The fraction of sp³-hybridized carbons (Fsp3) is 0.800. The first-order valence-corrected chi connectivity index (χ1v) is 7.42. The van der Waals surface area contributed by atoms with Crippen LogP contribution < -0.4 is 5.32 Å². The Morgan fingerprint density at radius 2 is 2.00 bits per heavy atom. The summed E-state index contributed by atoms with van der Waals surface area (Å²) in [5.41, 5.74) is 2.57. The second kappa shape index (κ2) is 7.57. The molecule has 0 aromatic carbocycles. The maximum absolute atomic E-state index is 4.66. The molecule has 1 aromatic rings. The van der Waals surface area contributed by atoms with E-state index in [0.717, 1.165) is 19.5 Å². The zero-order chi connectivity index (χ0) is 13.5. The largest absolute Gasteiger partial charge is 0.309 e. The molecule has 0 saturated carbocycles. The minimum Gasteiger partial charge on any atom is -0.309 e. The monoisotopic (exact) mass is 251 g/mol. The highest BCUT2D eigenvalue weighted by Crippen LogP contribution is 2.22. The van der Waals surface area contributed by atoms with Gasteiger partial charge >= 0.3 is 0 Å². The first-order valence-electron chi connectivity index (χ1n) is 7.42. The molecule has 0 spiro atoms. The van der Waals surface area contributed by atoms with Crippen LogP contribution >= 0.6 is 0 Å². The molecule has 0 bridgehead atoms. The number of hydrogen-bond acceptors (Lipinski definition) is 2. The minimum atomic E-state index is 0.442. The predicted molar refractivity (Wildman–Crippen MR) is 77.8 cm³/mol. The number of nitrogens with zero attached hydrogens (tertiary/aromatic N) is 2. The van der Waals surface area contributed by atoms with Gasteiger partial charge in [-0.05, 0) is 44.7 Å². The molecular weight excluding hydrogens is 222 g/mol. The summed E-state index contributed by atoms with van der Waals surface area (Å²) in [6.07, 6.45) is 3.37. The maximum atomic E-state index is 4.66. The van der Waals surface area contributed by atoms with Crippen LogP contribution in [0.4, 0.5) is 0 Å². The van der Waals surface area contributed by atoms with Crippen molar-refractivity contribution in [1.29, 1.82) is 0 Å². The van der Waals surface area contributed by atoms with Gasteiger partial charge in [0.25, 0.3) is 0 Å². The molecule has 104 valence electrons. The molecule has 0 saturated heterocycles. The van der Waals surface area contributed by atoms with E-state index in [1.54, 1.807) is 0 Å². The SMILES string of the molecule is CCCNC(CC(C)C)c1cc(CC)nn1CC. The van der Waals surface area contributed by atoms with Gasteiger partial charge in [-0.25, -0.2) is 0 Å². The standard InChI is InChI=1S/C15H29N3/c1-6-9-16-14(10-12(4)5)15-11-13(7-2)17-18(15)8-3/h11-12,14,16H,6-10H2,1-5H3. The molecule has 18 heavy (non-hydrogen) atoms. The molecule has 0 aliphatic heterocycles. The van der Waals surface area contributed by atoms with Crippen LogP contribution in [0, 0.1) is 5.92 Å². The van der Waals surface area contributed by atoms with E-state index in [1.807, 2.05) is 0 Å². The fourth-order valence-electron chi connectivity index (χ4n) is 2.29. The van der Waals surface area contributed by atoms with Crippen LogP contribution in [0.25, 0.3) is 0 Å². The zero-order valence-electron chi connectivity index (χ0n) is 12.7. The highest BCUT2D eigenvalue weighted by Gasteiger charge is 2.18. The first kappa shape index (κ1) is 15.2. The van der Waals surface area contributed by atoms with Crippen molar-refractivity contribution in [3.8, 4) is 0 Å². The number of hydrogen-bond donors (Lipinski definition) is 1. The number of aromatic nitrogens is 2. The van der Waals surface area contributed by atoms with Crippen LogP contribution in [0.2, 0.25) is 0 Å². The topological polar surface area (TPSA) is 29.9 Å². The fourth-order valence-corrected chi connectivity index (χ4v) is 2.29. The molecule has 0 radical (unpaired) electrons. The van der Waals surface area contributed by atoms with Gasteiger partial charge in [-0.1, -0.05) is 27.7 Å². The maximum Gasteiger partial charge on any atom is 0.0625 e. The van der Waals surface area contributed by atoms with Gasteiger partial charge in [-0.3, -0.25) is 4.68 Å². The Balaban J connectivity index is 2.90. The average molecular weight is 251 g/mol. The Bertz CT molecular complexity index is 342. The molecule has 1 aromatic heterocycles. The molecule has 3 nitrogen and oxygen atoms in total. The van der Waals surface area contributed by atoms with E-state index in [4.69, 9.17) is 0 Å². The number of nitrogens with one attached hydrogen (secondary N) is 1. The normalized spacial score (nSPS) is 13.2. The average Bonchev–Trinajstić information content (AvgIpc) is 2.77. The van der Waals surface area contributed by atoms with E-state index >= 15 is 0 Å². The van der Waals surface area contributed by atoms with E-state index in [0.29, 0.717) is 12.0 Å². The molecule has 1 heterocycles. The van der Waals surface area contributed by atoms with Gasteiger partial charge in [-0.15, -0.1) is 0 Å². The lowest BCUT2D eigenvalue weighted by Gasteiger charge is -2.21. The summed E-state index contributed by atoms with van der Waals surface area (Å²) in [5.74, 6) is 0.699. The van der Waals surface area contributed by atoms with Gasteiger partial charge in [0.2, 0.25) is 0 Å². The predicted octanol–water partition coefficient (Wildman–Crippen LogP) is 3.55. The third kappa shape index (κ3) is 4.13. The summed E-state index contributed by atoms with van der Waals surface area (Å²) >= 11 is 0. The van der Waals surface area contributed by atoms with Crippen molar-refractivity contribution in [2.45, 2.75) is 66.5 Å². The lowest BCUT2D eigenvalue weighted by Crippen LogP contribution is -2.26. The Morgan fingerprint density at radius 3 is 2.50 bits per heavy atom. The summed E-state index contributed by atoms with van der Waals surface area (Å²) in [6, 6.07) is 2.72. The van der Waals surface area contributed by atoms with Gasteiger partial charge < -0.3 is 5.32 Å². The highest BCUT2D eigenvalue weighted by atomic mass is 15.3. The van der Waals surface area contributed by atoms with E-state index in [2.05, 4.69) is 55.8 Å². The molecule has 0 aliphatic carbocycles. The second-order valence-electron chi connectivity index (χ2n) is 5.37. The molecule has 1 atom stereocenters. The van der Waals surface area contributed by atoms with Crippen molar-refractivity contribution in [3.05, 3.63) is 17.5 Å². The van der Waals surface area contributed by atoms with Crippen LogP contribution in [0.15, 0.2) is 6.07 Å². The summed E-state index contributed by atoms with van der Waals surface area (Å²) in [4.78, 5) is 0. The van der Waals surface area contributed by atoms with E-state index in [1.165, 1.54) is 24.2 Å². The van der Waals surface area contributed by atoms with E-state index in [9.17, 15) is 0 Å². The molecule has 0 fully saturated rings.